The highest BCUT2D eigenvalue weighted by Crippen LogP contribution is 2.25. The summed E-state index contributed by atoms with van der Waals surface area (Å²) in [7, 11) is 0. The third-order valence-electron chi connectivity index (χ3n) is 2.17. The molecule has 0 bridgehead atoms. The number of rotatable bonds is 3. The monoisotopic (exact) mass is 211 g/mol. The lowest BCUT2D eigenvalue weighted by Crippen LogP contribution is -2.03. The van der Waals surface area contributed by atoms with Crippen LogP contribution < -0.4 is 5.73 Å². The van der Waals surface area contributed by atoms with Gasteiger partial charge in [0.2, 0.25) is 0 Å². The van der Waals surface area contributed by atoms with Gasteiger partial charge in [0.05, 0.1) is 6.61 Å². The molecule has 2 heterocycles. The molecule has 1 aliphatic heterocycles. The maximum Gasteiger partial charge on any atom is 0.156 e. The van der Waals surface area contributed by atoms with Crippen LogP contribution in [0.4, 0.5) is 5.82 Å². The van der Waals surface area contributed by atoms with Crippen LogP contribution >= 0.6 is 11.8 Å². The van der Waals surface area contributed by atoms with Crippen molar-refractivity contribution in [1.82, 2.24) is 9.97 Å². The van der Waals surface area contributed by atoms with Gasteiger partial charge in [0, 0.05) is 24.8 Å². The van der Waals surface area contributed by atoms with E-state index in [4.69, 9.17) is 10.5 Å². The molecular weight excluding hydrogens is 198 g/mol. The largest absolute Gasteiger partial charge is 0.381 e. The number of ether oxygens (including phenoxy) is 1. The van der Waals surface area contributed by atoms with Crippen LogP contribution in [-0.4, -0.2) is 28.9 Å². The van der Waals surface area contributed by atoms with Gasteiger partial charge < -0.3 is 10.5 Å². The highest BCUT2D eigenvalue weighted by Gasteiger charge is 2.16. The predicted octanol–water partition coefficient (Wildman–Crippen LogP) is 1.19. The van der Waals surface area contributed by atoms with Gasteiger partial charge in [0.15, 0.2) is 5.82 Å². The highest BCUT2D eigenvalue weighted by molar-refractivity contribution is 7.99. The molecule has 1 atom stereocenters. The zero-order chi connectivity index (χ0) is 9.80. The van der Waals surface area contributed by atoms with Gasteiger partial charge in [-0.1, -0.05) is 0 Å². The third-order valence-corrected chi connectivity index (χ3v) is 3.40. The van der Waals surface area contributed by atoms with E-state index >= 15 is 0 Å². The Morgan fingerprint density at radius 1 is 1.50 bits per heavy atom. The zero-order valence-corrected chi connectivity index (χ0v) is 8.67. The van der Waals surface area contributed by atoms with Crippen LogP contribution in [0.3, 0.4) is 0 Å². The standard InChI is InChI=1S/C9H13N3OS/c10-8-9(12-3-2-11-8)14-6-7-1-4-13-5-7/h2-3,7H,1,4-6H2,(H2,10,11). The maximum absolute atomic E-state index is 5.68. The van der Waals surface area contributed by atoms with Crippen LogP contribution in [0.5, 0.6) is 0 Å². The van der Waals surface area contributed by atoms with E-state index in [1.807, 2.05) is 0 Å². The quantitative estimate of drug-likeness (QED) is 0.761. The van der Waals surface area contributed by atoms with Gasteiger partial charge in [-0.2, -0.15) is 0 Å². The minimum absolute atomic E-state index is 0.524. The lowest BCUT2D eigenvalue weighted by atomic mass is 10.2. The minimum Gasteiger partial charge on any atom is -0.381 e. The molecule has 0 spiro atoms. The lowest BCUT2D eigenvalue weighted by Gasteiger charge is -2.06. The fourth-order valence-corrected chi connectivity index (χ4v) is 2.35. The Balaban J connectivity index is 1.88. The summed E-state index contributed by atoms with van der Waals surface area (Å²) < 4.78 is 5.30. The molecule has 0 aromatic carbocycles. The molecule has 1 unspecified atom stereocenters. The number of nitrogens with zero attached hydrogens (tertiary/aromatic N) is 2. The molecule has 1 fully saturated rings. The van der Waals surface area contributed by atoms with E-state index in [0.29, 0.717) is 11.7 Å². The second-order valence-electron chi connectivity index (χ2n) is 3.29. The van der Waals surface area contributed by atoms with Crippen molar-refractivity contribution in [1.29, 1.82) is 0 Å². The van der Waals surface area contributed by atoms with Gasteiger partial charge in [-0.3, -0.25) is 0 Å². The molecule has 2 rings (SSSR count). The normalized spacial score (nSPS) is 21.3. The molecule has 76 valence electrons. The number of anilines is 1. The summed E-state index contributed by atoms with van der Waals surface area (Å²) in [5.41, 5.74) is 5.68. The third kappa shape index (κ3) is 2.36. The van der Waals surface area contributed by atoms with Crippen LogP contribution in [0.2, 0.25) is 0 Å². The molecule has 0 amide bonds. The van der Waals surface area contributed by atoms with Crippen LogP contribution in [0, 0.1) is 5.92 Å². The van der Waals surface area contributed by atoms with E-state index < -0.39 is 0 Å². The molecule has 1 aromatic rings. The molecular formula is C9H13N3OS. The predicted molar refractivity (Wildman–Crippen MR) is 56.1 cm³/mol. The highest BCUT2D eigenvalue weighted by atomic mass is 32.2. The lowest BCUT2D eigenvalue weighted by molar-refractivity contribution is 0.189. The summed E-state index contributed by atoms with van der Waals surface area (Å²) in [6, 6.07) is 0. The first-order valence-electron chi connectivity index (χ1n) is 4.63. The molecule has 14 heavy (non-hydrogen) atoms. The molecule has 1 aromatic heterocycles. The van der Waals surface area contributed by atoms with Gasteiger partial charge in [-0.25, -0.2) is 9.97 Å². The van der Waals surface area contributed by atoms with E-state index in [2.05, 4.69) is 9.97 Å². The first-order chi connectivity index (χ1) is 6.86. The molecule has 0 saturated carbocycles. The smallest absolute Gasteiger partial charge is 0.156 e. The van der Waals surface area contributed by atoms with Crippen molar-refractivity contribution >= 4 is 17.6 Å². The average molecular weight is 211 g/mol. The van der Waals surface area contributed by atoms with Crippen molar-refractivity contribution in [2.75, 3.05) is 24.7 Å². The number of nitrogen functional groups attached to an aromatic ring is 1. The van der Waals surface area contributed by atoms with Crippen molar-refractivity contribution in [2.24, 2.45) is 5.92 Å². The minimum atomic E-state index is 0.524. The van der Waals surface area contributed by atoms with Crippen LogP contribution in [0.1, 0.15) is 6.42 Å². The molecule has 1 saturated heterocycles. The Hall–Kier alpha value is -0.810. The van der Waals surface area contributed by atoms with Gasteiger partial charge >= 0.3 is 0 Å². The van der Waals surface area contributed by atoms with Crippen molar-refractivity contribution in [3.8, 4) is 0 Å². The van der Waals surface area contributed by atoms with Crippen molar-refractivity contribution in [3.63, 3.8) is 0 Å². The van der Waals surface area contributed by atoms with Gasteiger partial charge in [-0.15, -0.1) is 11.8 Å². The van der Waals surface area contributed by atoms with Crippen molar-refractivity contribution < 1.29 is 4.74 Å². The summed E-state index contributed by atoms with van der Waals surface area (Å²) in [4.78, 5) is 8.16. The van der Waals surface area contributed by atoms with Gasteiger partial charge in [0.25, 0.3) is 0 Å². The van der Waals surface area contributed by atoms with E-state index in [9.17, 15) is 0 Å². The summed E-state index contributed by atoms with van der Waals surface area (Å²) in [5, 5.41) is 0.833. The fraction of sp³-hybridized carbons (Fsp3) is 0.556. The first-order valence-corrected chi connectivity index (χ1v) is 5.62. The Labute approximate surface area is 87.3 Å². The van der Waals surface area contributed by atoms with E-state index in [1.165, 1.54) is 0 Å². The Kier molecular flexibility index (Phi) is 3.21. The maximum atomic E-state index is 5.68. The van der Waals surface area contributed by atoms with E-state index in [0.717, 1.165) is 30.4 Å². The van der Waals surface area contributed by atoms with Crippen LogP contribution in [-0.2, 0) is 4.74 Å². The number of hydrogen-bond donors (Lipinski definition) is 1. The summed E-state index contributed by atoms with van der Waals surface area (Å²) in [6.07, 6.45) is 4.43. The fourth-order valence-electron chi connectivity index (χ4n) is 1.36. The van der Waals surface area contributed by atoms with Gasteiger partial charge in [-0.05, 0) is 12.3 Å². The Bertz CT molecular complexity index is 302. The first kappa shape index (κ1) is 9.73. The van der Waals surface area contributed by atoms with E-state index in [-0.39, 0.29) is 0 Å². The van der Waals surface area contributed by atoms with Crippen molar-refractivity contribution in [3.05, 3.63) is 12.4 Å². The summed E-state index contributed by atoms with van der Waals surface area (Å²) in [6.45, 7) is 1.76. The topological polar surface area (TPSA) is 61.0 Å². The summed E-state index contributed by atoms with van der Waals surface area (Å²) >= 11 is 1.67. The Morgan fingerprint density at radius 3 is 3.07 bits per heavy atom. The number of aromatic nitrogens is 2. The number of thioether (sulfide) groups is 1. The second kappa shape index (κ2) is 4.61. The second-order valence-corrected chi connectivity index (χ2v) is 4.30. The SMILES string of the molecule is Nc1nccnc1SCC1CCOC1. The number of hydrogen-bond acceptors (Lipinski definition) is 5. The van der Waals surface area contributed by atoms with E-state index in [1.54, 1.807) is 24.2 Å². The molecule has 2 N–H and O–H groups in total. The molecule has 4 nitrogen and oxygen atoms in total. The summed E-state index contributed by atoms with van der Waals surface area (Å²) in [5.74, 6) is 2.18. The molecule has 0 aliphatic carbocycles. The van der Waals surface area contributed by atoms with Gasteiger partial charge in [0.1, 0.15) is 5.03 Å². The number of nitrogens with two attached hydrogens (primary N) is 1. The zero-order valence-electron chi connectivity index (χ0n) is 7.85. The molecule has 0 radical (unpaired) electrons. The Morgan fingerprint density at radius 2 is 2.36 bits per heavy atom. The van der Waals surface area contributed by atoms with Crippen LogP contribution in [0.15, 0.2) is 17.4 Å². The molecule has 1 aliphatic rings. The molecule has 5 heteroatoms. The van der Waals surface area contributed by atoms with Crippen molar-refractivity contribution in [2.45, 2.75) is 11.4 Å². The van der Waals surface area contributed by atoms with Crippen LogP contribution in [0.25, 0.3) is 0 Å². The average Bonchev–Trinajstić information content (AvgIpc) is 2.69.